The van der Waals surface area contributed by atoms with Crippen molar-refractivity contribution >= 4 is 38.4 Å². The number of ether oxygens (including phenoxy) is 1. The summed E-state index contributed by atoms with van der Waals surface area (Å²) < 4.78 is 34.7. The van der Waals surface area contributed by atoms with Crippen molar-refractivity contribution < 1.29 is 17.9 Å². The van der Waals surface area contributed by atoms with Crippen LogP contribution in [0.1, 0.15) is 48.1 Å². The number of rotatable bonds is 8. The number of carbonyl (C=O) groups is 1. The van der Waals surface area contributed by atoms with Crippen molar-refractivity contribution in [3.05, 3.63) is 88.8 Å². The molecule has 0 aliphatic heterocycles. The molecule has 0 spiro atoms. The molecule has 4 aromatic rings. The zero-order valence-corrected chi connectivity index (χ0v) is 21.2. The van der Waals surface area contributed by atoms with Crippen LogP contribution >= 0.6 is 11.6 Å². The summed E-state index contributed by atoms with van der Waals surface area (Å²) in [7, 11) is -2.42. The van der Waals surface area contributed by atoms with Gasteiger partial charge in [0.25, 0.3) is 15.9 Å². The Labute approximate surface area is 209 Å². The van der Waals surface area contributed by atoms with Crippen molar-refractivity contribution in [1.82, 2.24) is 14.3 Å². The maximum atomic E-state index is 12.7. The van der Waals surface area contributed by atoms with Crippen molar-refractivity contribution in [3.63, 3.8) is 0 Å². The number of hydrogen-bond donors (Lipinski definition) is 1. The monoisotopic (exact) mass is 511 g/mol. The summed E-state index contributed by atoms with van der Waals surface area (Å²) in [5.41, 5.74) is 2.66. The lowest BCUT2D eigenvalue weighted by Gasteiger charge is -2.15. The molecular formula is C26H26ClN3O4S. The van der Waals surface area contributed by atoms with E-state index in [9.17, 15) is 13.2 Å². The number of sulfonamides is 1. The minimum absolute atomic E-state index is 0.00816. The second-order valence-corrected chi connectivity index (χ2v) is 10.4. The molecule has 2 aromatic carbocycles. The number of benzene rings is 2. The zero-order valence-electron chi connectivity index (χ0n) is 19.7. The number of methoxy groups -OCH3 is 1. The van der Waals surface area contributed by atoms with Crippen LogP contribution in [0.15, 0.2) is 71.6 Å². The van der Waals surface area contributed by atoms with E-state index in [0.717, 1.165) is 23.0 Å². The van der Waals surface area contributed by atoms with Gasteiger partial charge in [-0.25, -0.2) is 18.1 Å². The van der Waals surface area contributed by atoms with Crippen LogP contribution in [-0.2, 0) is 16.6 Å². The van der Waals surface area contributed by atoms with Crippen molar-refractivity contribution in [1.29, 1.82) is 0 Å². The molecule has 7 nitrogen and oxygen atoms in total. The summed E-state index contributed by atoms with van der Waals surface area (Å²) in [6.07, 6.45) is 0.939. The highest BCUT2D eigenvalue weighted by Gasteiger charge is 2.20. The molecule has 0 saturated carbocycles. The highest BCUT2D eigenvalue weighted by atomic mass is 35.5. The lowest BCUT2D eigenvalue weighted by molar-refractivity contribution is 0.0976. The molecule has 0 radical (unpaired) electrons. The van der Waals surface area contributed by atoms with Crippen LogP contribution in [0.4, 0.5) is 0 Å². The molecule has 35 heavy (non-hydrogen) atoms. The van der Waals surface area contributed by atoms with Crippen molar-refractivity contribution in [2.24, 2.45) is 0 Å². The Kier molecular flexibility index (Phi) is 7.14. The molecule has 182 valence electrons. The van der Waals surface area contributed by atoms with Gasteiger partial charge in [0.05, 0.1) is 34.8 Å². The average Bonchev–Trinajstić information content (AvgIpc) is 3.20. The van der Waals surface area contributed by atoms with E-state index in [1.165, 1.54) is 18.2 Å². The Morgan fingerprint density at radius 2 is 1.86 bits per heavy atom. The van der Waals surface area contributed by atoms with E-state index >= 15 is 0 Å². The van der Waals surface area contributed by atoms with Gasteiger partial charge in [0.1, 0.15) is 11.4 Å². The summed E-state index contributed by atoms with van der Waals surface area (Å²) in [4.78, 5) is 17.2. The van der Waals surface area contributed by atoms with Gasteiger partial charge in [-0.05, 0) is 54.8 Å². The molecule has 9 heteroatoms. The molecule has 0 fully saturated rings. The minimum atomic E-state index is -4.00. The van der Waals surface area contributed by atoms with Gasteiger partial charge in [0.15, 0.2) is 0 Å². The molecule has 0 aliphatic carbocycles. The topological polar surface area (TPSA) is 90.3 Å². The molecule has 1 N–H and O–H groups in total. The van der Waals surface area contributed by atoms with Gasteiger partial charge in [0.2, 0.25) is 0 Å². The Morgan fingerprint density at radius 3 is 2.54 bits per heavy atom. The fourth-order valence-electron chi connectivity index (χ4n) is 3.92. The zero-order chi connectivity index (χ0) is 25.2. The lowest BCUT2D eigenvalue weighted by Crippen LogP contribution is -2.31. The van der Waals surface area contributed by atoms with Crippen LogP contribution in [-0.4, -0.2) is 31.0 Å². The summed E-state index contributed by atoms with van der Waals surface area (Å²) in [6, 6.07) is 18.6. The maximum absolute atomic E-state index is 12.7. The number of fused-ring (bicyclic) bond motifs is 1. The van der Waals surface area contributed by atoms with Gasteiger partial charge in [0, 0.05) is 11.1 Å². The first-order chi connectivity index (χ1) is 16.7. The second-order valence-electron chi connectivity index (χ2n) is 8.27. The van der Waals surface area contributed by atoms with Gasteiger partial charge in [-0.3, -0.25) is 4.79 Å². The number of hydrogen-bond acceptors (Lipinski definition) is 5. The Balaban J connectivity index is 1.67. The van der Waals surface area contributed by atoms with Crippen LogP contribution in [0.3, 0.4) is 0 Å². The molecule has 1 amide bonds. The third kappa shape index (κ3) is 5.18. The van der Waals surface area contributed by atoms with E-state index in [1.54, 1.807) is 37.4 Å². The largest absolute Gasteiger partial charge is 0.495 e. The number of nitrogens with one attached hydrogen (secondary N) is 1. The van der Waals surface area contributed by atoms with E-state index in [4.69, 9.17) is 16.3 Å². The van der Waals surface area contributed by atoms with Crippen molar-refractivity contribution in [2.75, 3.05) is 7.11 Å². The highest BCUT2D eigenvalue weighted by Crippen LogP contribution is 2.34. The average molecular weight is 512 g/mol. The molecule has 2 aromatic heterocycles. The van der Waals surface area contributed by atoms with Crippen molar-refractivity contribution in [2.45, 2.75) is 37.6 Å². The van der Waals surface area contributed by atoms with Gasteiger partial charge < -0.3 is 9.30 Å². The standard InChI is InChI=1S/C26H26ClN3O4S/c1-4-17(2)23-13-18-14-25(34-3)21(27)15-24(18)30(23)16-19-9-8-12-22(28-19)26(31)29-35(32,33)20-10-6-5-7-11-20/h5-15,17H,4,16H2,1-3H3,(H,29,31). The van der Waals surface area contributed by atoms with Gasteiger partial charge in [-0.2, -0.15) is 0 Å². The van der Waals surface area contributed by atoms with Gasteiger partial charge >= 0.3 is 0 Å². The van der Waals surface area contributed by atoms with Crippen LogP contribution in [0.5, 0.6) is 5.75 Å². The first kappa shape index (κ1) is 24.8. The quantitative estimate of drug-likeness (QED) is 0.343. The lowest BCUT2D eigenvalue weighted by atomic mass is 10.0. The molecule has 0 aliphatic rings. The third-order valence-corrected chi connectivity index (χ3v) is 7.61. The van der Waals surface area contributed by atoms with Gasteiger partial charge in [-0.1, -0.05) is 49.7 Å². The predicted molar refractivity (Wildman–Crippen MR) is 137 cm³/mol. The molecule has 1 unspecified atom stereocenters. The molecule has 4 rings (SSSR count). The van der Waals surface area contributed by atoms with Crippen LogP contribution < -0.4 is 9.46 Å². The van der Waals surface area contributed by atoms with E-state index in [0.29, 0.717) is 23.0 Å². The normalized spacial score (nSPS) is 12.5. The van der Waals surface area contributed by atoms with Crippen LogP contribution in [0.25, 0.3) is 10.9 Å². The van der Waals surface area contributed by atoms with Crippen molar-refractivity contribution in [3.8, 4) is 5.75 Å². The molecular weight excluding hydrogens is 486 g/mol. The first-order valence-electron chi connectivity index (χ1n) is 11.2. The first-order valence-corrected chi connectivity index (χ1v) is 13.0. The molecule has 1 atom stereocenters. The van der Waals surface area contributed by atoms with E-state index in [-0.39, 0.29) is 16.5 Å². The van der Waals surface area contributed by atoms with Crippen LogP contribution in [0.2, 0.25) is 5.02 Å². The Bertz CT molecular complexity index is 1480. The maximum Gasteiger partial charge on any atom is 0.283 e. The fraction of sp³-hybridized carbons (Fsp3) is 0.231. The summed E-state index contributed by atoms with van der Waals surface area (Å²) >= 11 is 6.42. The highest BCUT2D eigenvalue weighted by molar-refractivity contribution is 7.90. The number of carbonyl (C=O) groups excluding carboxylic acids is 1. The summed E-state index contributed by atoms with van der Waals surface area (Å²) in [6.45, 7) is 4.66. The van der Waals surface area contributed by atoms with E-state index < -0.39 is 15.9 Å². The predicted octanol–water partition coefficient (Wildman–Crippen LogP) is 5.38. The second kappa shape index (κ2) is 10.1. The number of aromatic nitrogens is 2. The van der Waals surface area contributed by atoms with Crippen LogP contribution in [0, 0.1) is 0 Å². The number of amides is 1. The number of halogens is 1. The van der Waals surface area contributed by atoms with E-state index in [2.05, 4.69) is 34.2 Å². The van der Waals surface area contributed by atoms with E-state index in [1.807, 2.05) is 12.1 Å². The Morgan fingerprint density at radius 1 is 1.11 bits per heavy atom. The summed E-state index contributed by atoms with van der Waals surface area (Å²) in [5.74, 6) is 0.0844. The fourth-order valence-corrected chi connectivity index (χ4v) is 5.14. The molecule has 2 heterocycles. The van der Waals surface area contributed by atoms with Gasteiger partial charge in [-0.15, -0.1) is 0 Å². The summed E-state index contributed by atoms with van der Waals surface area (Å²) in [5, 5.41) is 1.49. The number of pyridine rings is 1. The minimum Gasteiger partial charge on any atom is -0.495 e. The molecule has 0 saturated heterocycles. The SMILES string of the molecule is CCC(C)c1cc2cc(OC)c(Cl)cc2n1Cc1cccc(C(=O)NS(=O)(=O)c2ccccc2)n1. The number of nitrogens with zero attached hydrogens (tertiary/aromatic N) is 2. The Hall–Kier alpha value is -3.36. The third-order valence-electron chi connectivity index (χ3n) is 5.96. The molecule has 0 bridgehead atoms. The smallest absolute Gasteiger partial charge is 0.283 e.